The molecule has 0 amide bonds. The van der Waals surface area contributed by atoms with E-state index in [1.165, 1.54) is 0 Å². The van der Waals surface area contributed by atoms with Gasteiger partial charge in [-0.25, -0.2) is 0 Å². The molecular weight excluding hydrogens is 138 g/mol. The van der Waals surface area contributed by atoms with Crippen molar-refractivity contribution in [2.24, 2.45) is 10.4 Å². The van der Waals surface area contributed by atoms with Gasteiger partial charge in [-0.2, -0.15) is 0 Å². The van der Waals surface area contributed by atoms with Gasteiger partial charge in [0.15, 0.2) is 6.23 Å². The van der Waals surface area contributed by atoms with Gasteiger partial charge in [0, 0.05) is 11.6 Å². The molecule has 0 fully saturated rings. The number of rotatable bonds is 0. The quantitative estimate of drug-likeness (QED) is 0.525. The van der Waals surface area contributed by atoms with Gasteiger partial charge in [0.1, 0.15) is 0 Å². The molecule has 2 heteroatoms. The van der Waals surface area contributed by atoms with Crippen LogP contribution in [0.5, 0.6) is 0 Å². The molecule has 0 spiro atoms. The fourth-order valence-electron chi connectivity index (χ4n) is 0.996. The van der Waals surface area contributed by atoms with E-state index in [0.717, 1.165) is 0 Å². The molecule has 64 valence electrons. The Kier molecular flexibility index (Phi) is 1.83. The summed E-state index contributed by atoms with van der Waals surface area (Å²) in [4.78, 5) is 4.31. The Morgan fingerprint density at radius 2 is 1.91 bits per heavy atom. The molecule has 0 aliphatic carbocycles. The Labute approximate surface area is 68.7 Å². The Hall–Kier alpha value is -0.370. The number of hydrogen-bond acceptors (Lipinski definition) is 2. The normalized spacial score (nSPS) is 29.4. The molecule has 0 N–H and O–H groups in total. The summed E-state index contributed by atoms with van der Waals surface area (Å²) in [6.07, 6.45) is 1.92. The van der Waals surface area contributed by atoms with Crippen LogP contribution in [-0.4, -0.2) is 18.0 Å². The van der Waals surface area contributed by atoms with Crippen molar-refractivity contribution in [3.63, 3.8) is 0 Å². The summed E-state index contributed by atoms with van der Waals surface area (Å²) in [5.74, 6) is 0. The summed E-state index contributed by atoms with van der Waals surface area (Å²) in [7, 11) is 0. The van der Waals surface area contributed by atoms with Crippen LogP contribution in [-0.2, 0) is 4.74 Å². The predicted molar refractivity (Wildman–Crippen MR) is 46.9 cm³/mol. The molecule has 1 atom stereocenters. The molecule has 0 bridgehead atoms. The van der Waals surface area contributed by atoms with E-state index in [9.17, 15) is 0 Å². The minimum Gasteiger partial charge on any atom is -0.345 e. The molecule has 0 aromatic heterocycles. The molecule has 1 aliphatic rings. The first-order chi connectivity index (χ1) is 4.81. The zero-order chi connectivity index (χ0) is 8.70. The lowest BCUT2D eigenvalue weighted by Crippen LogP contribution is -2.31. The van der Waals surface area contributed by atoms with E-state index in [4.69, 9.17) is 4.74 Å². The van der Waals surface area contributed by atoms with Gasteiger partial charge >= 0.3 is 0 Å². The van der Waals surface area contributed by atoms with Gasteiger partial charge in [-0.1, -0.05) is 20.8 Å². The fraction of sp³-hybridized carbons (Fsp3) is 0.889. The Morgan fingerprint density at radius 1 is 1.36 bits per heavy atom. The van der Waals surface area contributed by atoms with Gasteiger partial charge in [-0.15, -0.1) is 0 Å². The van der Waals surface area contributed by atoms with Crippen molar-refractivity contribution in [3.05, 3.63) is 0 Å². The minimum atomic E-state index is -0.169. The molecular formula is C9H17NO. The van der Waals surface area contributed by atoms with E-state index < -0.39 is 0 Å². The third kappa shape index (κ3) is 2.03. The summed E-state index contributed by atoms with van der Waals surface area (Å²) in [6, 6.07) is 0. The van der Waals surface area contributed by atoms with Crippen LogP contribution < -0.4 is 0 Å². The topological polar surface area (TPSA) is 21.6 Å². The Morgan fingerprint density at radius 3 is 2.09 bits per heavy atom. The minimum absolute atomic E-state index is 0.0255. The zero-order valence-electron chi connectivity index (χ0n) is 8.01. The highest BCUT2D eigenvalue weighted by Crippen LogP contribution is 2.30. The molecule has 1 rings (SSSR count). The van der Waals surface area contributed by atoms with Gasteiger partial charge < -0.3 is 4.74 Å². The molecule has 0 aromatic rings. The average Bonchev–Trinajstić information content (AvgIpc) is 2.07. The SMILES string of the molecule is CC1(C)C=NC(C(C)(C)C)O1. The summed E-state index contributed by atoms with van der Waals surface area (Å²) in [5.41, 5.74) is -0.0534. The second-order valence-electron chi connectivity index (χ2n) is 4.72. The molecule has 11 heavy (non-hydrogen) atoms. The Balaban J connectivity index is 2.65. The van der Waals surface area contributed by atoms with E-state index in [1.54, 1.807) is 0 Å². The van der Waals surface area contributed by atoms with Crippen LogP contribution in [0.25, 0.3) is 0 Å². The number of aliphatic imine (C=N–C) groups is 1. The van der Waals surface area contributed by atoms with Crippen molar-refractivity contribution in [2.45, 2.75) is 46.4 Å². The van der Waals surface area contributed by atoms with Gasteiger partial charge in [-0.05, 0) is 13.8 Å². The third-order valence-corrected chi connectivity index (χ3v) is 1.68. The van der Waals surface area contributed by atoms with Crippen LogP contribution in [0.4, 0.5) is 0 Å². The van der Waals surface area contributed by atoms with Crippen molar-refractivity contribution < 1.29 is 4.74 Å². The van der Waals surface area contributed by atoms with Crippen LogP contribution in [0.1, 0.15) is 34.6 Å². The van der Waals surface area contributed by atoms with E-state index in [1.807, 2.05) is 20.1 Å². The molecule has 2 nitrogen and oxygen atoms in total. The highest BCUT2D eigenvalue weighted by Gasteiger charge is 2.34. The van der Waals surface area contributed by atoms with E-state index in [2.05, 4.69) is 25.8 Å². The molecule has 0 aromatic carbocycles. The number of ether oxygens (including phenoxy) is 1. The van der Waals surface area contributed by atoms with E-state index >= 15 is 0 Å². The second kappa shape index (κ2) is 2.31. The lowest BCUT2D eigenvalue weighted by atomic mass is 9.95. The summed E-state index contributed by atoms with van der Waals surface area (Å²) in [5, 5.41) is 0. The molecule has 0 radical (unpaired) electrons. The van der Waals surface area contributed by atoms with Crippen LogP contribution >= 0.6 is 0 Å². The largest absolute Gasteiger partial charge is 0.345 e. The summed E-state index contributed by atoms with van der Waals surface area (Å²) in [6.45, 7) is 10.5. The molecule has 0 saturated carbocycles. The average molecular weight is 155 g/mol. The lowest BCUT2D eigenvalue weighted by molar-refractivity contribution is -0.0537. The zero-order valence-corrected chi connectivity index (χ0v) is 8.01. The monoisotopic (exact) mass is 155 g/mol. The first-order valence-corrected chi connectivity index (χ1v) is 4.03. The highest BCUT2D eigenvalue weighted by molar-refractivity contribution is 5.69. The molecule has 0 saturated heterocycles. The standard InChI is InChI=1S/C9H17NO/c1-8(2,3)7-10-6-9(4,5)11-7/h6-7H,1-5H3. The van der Waals surface area contributed by atoms with Crippen molar-refractivity contribution in [3.8, 4) is 0 Å². The summed E-state index contributed by atoms with van der Waals surface area (Å²) < 4.78 is 5.69. The van der Waals surface area contributed by atoms with Crippen LogP contribution in [0.2, 0.25) is 0 Å². The van der Waals surface area contributed by atoms with Crippen molar-refractivity contribution in [1.82, 2.24) is 0 Å². The smallest absolute Gasteiger partial charge is 0.154 e. The van der Waals surface area contributed by atoms with Gasteiger partial charge in [0.25, 0.3) is 0 Å². The van der Waals surface area contributed by atoms with Crippen molar-refractivity contribution in [2.75, 3.05) is 0 Å². The second-order valence-corrected chi connectivity index (χ2v) is 4.72. The van der Waals surface area contributed by atoms with Crippen LogP contribution in [0.3, 0.4) is 0 Å². The first kappa shape index (κ1) is 8.72. The van der Waals surface area contributed by atoms with Gasteiger partial charge in [0.05, 0.1) is 5.60 Å². The van der Waals surface area contributed by atoms with Crippen molar-refractivity contribution >= 4 is 6.21 Å². The number of nitrogens with zero attached hydrogens (tertiary/aromatic N) is 1. The van der Waals surface area contributed by atoms with Gasteiger partial charge in [-0.3, -0.25) is 4.99 Å². The predicted octanol–water partition coefficient (Wildman–Crippen LogP) is 2.24. The molecule has 1 heterocycles. The van der Waals surface area contributed by atoms with Crippen molar-refractivity contribution in [1.29, 1.82) is 0 Å². The highest BCUT2D eigenvalue weighted by atomic mass is 16.5. The molecule has 1 aliphatic heterocycles. The maximum absolute atomic E-state index is 5.69. The first-order valence-electron chi connectivity index (χ1n) is 4.03. The van der Waals surface area contributed by atoms with E-state index in [-0.39, 0.29) is 17.2 Å². The Bertz CT molecular complexity index is 176. The van der Waals surface area contributed by atoms with Crippen LogP contribution in [0.15, 0.2) is 4.99 Å². The number of hydrogen-bond donors (Lipinski definition) is 0. The van der Waals surface area contributed by atoms with E-state index in [0.29, 0.717) is 0 Å². The van der Waals surface area contributed by atoms with Gasteiger partial charge in [0.2, 0.25) is 0 Å². The molecule has 1 unspecified atom stereocenters. The maximum Gasteiger partial charge on any atom is 0.154 e. The maximum atomic E-state index is 5.69. The summed E-state index contributed by atoms with van der Waals surface area (Å²) >= 11 is 0. The third-order valence-electron chi connectivity index (χ3n) is 1.68. The lowest BCUT2D eigenvalue weighted by Gasteiger charge is -2.27. The fourth-order valence-corrected chi connectivity index (χ4v) is 0.996. The van der Waals surface area contributed by atoms with Crippen LogP contribution in [0, 0.1) is 5.41 Å².